The average Bonchev–Trinajstić information content (AvgIpc) is 2.16. The minimum Gasteiger partial charge on any atom is -0.324 e. The molecule has 1 atom stereocenters. The summed E-state index contributed by atoms with van der Waals surface area (Å²) in [7, 11) is 0. The molecule has 82 valence electrons. The molecule has 1 aromatic rings. The van der Waals surface area contributed by atoms with Gasteiger partial charge in [-0.15, -0.1) is 11.8 Å². The molecule has 1 aromatic carbocycles. The van der Waals surface area contributed by atoms with Crippen LogP contribution >= 0.6 is 11.8 Å². The lowest BCUT2D eigenvalue weighted by Crippen LogP contribution is -2.13. The van der Waals surface area contributed by atoms with Gasteiger partial charge in [0.15, 0.2) is 0 Å². The molecule has 1 aliphatic rings. The Morgan fingerprint density at radius 3 is 2.87 bits per heavy atom. The molecule has 0 saturated heterocycles. The SMILES string of the molecule is CC(N)c1cccc(SCC2CCC2)c1. The smallest absolute Gasteiger partial charge is 0.0266 e. The van der Waals surface area contributed by atoms with Gasteiger partial charge in [0.2, 0.25) is 0 Å². The largest absolute Gasteiger partial charge is 0.324 e. The first-order valence-corrected chi connectivity index (χ1v) is 6.72. The first-order valence-electron chi connectivity index (χ1n) is 5.74. The van der Waals surface area contributed by atoms with Crippen molar-refractivity contribution in [1.82, 2.24) is 0 Å². The monoisotopic (exact) mass is 221 g/mol. The van der Waals surface area contributed by atoms with Crippen molar-refractivity contribution >= 4 is 11.8 Å². The van der Waals surface area contributed by atoms with Crippen LogP contribution in [0.15, 0.2) is 29.2 Å². The molecule has 0 amide bonds. The highest BCUT2D eigenvalue weighted by Gasteiger charge is 2.17. The lowest BCUT2D eigenvalue weighted by molar-refractivity contribution is 0.353. The molecule has 2 heteroatoms. The van der Waals surface area contributed by atoms with Crippen LogP contribution in [0.25, 0.3) is 0 Å². The van der Waals surface area contributed by atoms with E-state index in [9.17, 15) is 0 Å². The standard InChI is InChI=1S/C13H19NS/c1-10(14)12-6-3-7-13(8-12)15-9-11-4-2-5-11/h3,6-8,10-11H,2,4-5,9,14H2,1H3. The van der Waals surface area contributed by atoms with Gasteiger partial charge in [0.25, 0.3) is 0 Å². The van der Waals surface area contributed by atoms with Crippen LogP contribution in [0, 0.1) is 5.92 Å². The van der Waals surface area contributed by atoms with Crippen LogP contribution in [0.3, 0.4) is 0 Å². The number of thioether (sulfide) groups is 1. The molecule has 1 saturated carbocycles. The van der Waals surface area contributed by atoms with Crippen molar-refractivity contribution in [2.45, 2.75) is 37.1 Å². The zero-order valence-electron chi connectivity index (χ0n) is 9.28. The maximum Gasteiger partial charge on any atom is 0.0266 e. The lowest BCUT2D eigenvalue weighted by Gasteiger charge is -2.24. The minimum atomic E-state index is 0.147. The second-order valence-corrected chi connectivity index (χ2v) is 5.56. The van der Waals surface area contributed by atoms with Crippen LogP contribution < -0.4 is 5.73 Å². The second kappa shape index (κ2) is 5.04. The Kier molecular flexibility index (Phi) is 3.71. The van der Waals surface area contributed by atoms with Crippen LogP contribution in [-0.2, 0) is 0 Å². The zero-order valence-corrected chi connectivity index (χ0v) is 10.1. The molecule has 2 N–H and O–H groups in total. The van der Waals surface area contributed by atoms with E-state index in [4.69, 9.17) is 5.73 Å². The topological polar surface area (TPSA) is 26.0 Å². The van der Waals surface area contributed by atoms with Crippen LogP contribution in [-0.4, -0.2) is 5.75 Å². The van der Waals surface area contributed by atoms with Gasteiger partial charge in [-0.25, -0.2) is 0 Å². The van der Waals surface area contributed by atoms with Gasteiger partial charge in [-0.3, -0.25) is 0 Å². The quantitative estimate of drug-likeness (QED) is 0.786. The van der Waals surface area contributed by atoms with Gasteiger partial charge >= 0.3 is 0 Å². The maximum absolute atomic E-state index is 5.87. The Morgan fingerprint density at radius 2 is 2.27 bits per heavy atom. The molecule has 1 fully saturated rings. The number of nitrogens with two attached hydrogens (primary N) is 1. The molecule has 0 bridgehead atoms. The number of rotatable bonds is 4. The Balaban J connectivity index is 1.92. The van der Waals surface area contributed by atoms with Gasteiger partial charge in [-0.05, 0) is 43.4 Å². The molecule has 0 aromatic heterocycles. The van der Waals surface area contributed by atoms with E-state index < -0.39 is 0 Å². The van der Waals surface area contributed by atoms with Crippen molar-refractivity contribution in [1.29, 1.82) is 0 Å². The van der Waals surface area contributed by atoms with Crippen molar-refractivity contribution in [3.8, 4) is 0 Å². The highest BCUT2D eigenvalue weighted by atomic mass is 32.2. The van der Waals surface area contributed by atoms with Gasteiger partial charge in [0, 0.05) is 16.7 Å². The third-order valence-corrected chi connectivity index (χ3v) is 4.32. The first-order chi connectivity index (χ1) is 7.25. The summed E-state index contributed by atoms with van der Waals surface area (Å²) in [6.45, 7) is 2.04. The van der Waals surface area contributed by atoms with Crippen LogP contribution in [0.2, 0.25) is 0 Å². The summed E-state index contributed by atoms with van der Waals surface area (Å²) in [6, 6.07) is 8.79. The molecule has 0 aliphatic heterocycles. The van der Waals surface area contributed by atoms with Gasteiger partial charge in [-0.1, -0.05) is 18.6 Å². The molecular weight excluding hydrogens is 202 g/mol. The van der Waals surface area contributed by atoms with Crippen molar-refractivity contribution in [2.75, 3.05) is 5.75 Å². The highest BCUT2D eigenvalue weighted by molar-refractivity contribution is 7.99. The van der Waals surface area contributed by atoms with Gasteiger partial charge < -0.3 is 5.73 Å². The van der Waals surface area contributed by atoms with Crippen LogP contribution in [0.1, 0.15) is 37.8 Å². The normalized spacial score (nSPS) is 18.5. The number of hydrogen-bond acceptors (Lipinski definition) is 2. The van der Waals surface area contributed by atoms with Gasteiger partial charge in [-0.2, -0.15) is 0 Å². The average molecular weight is 221 g/mol. The Labute approximate surface area is 96.4 Å². The predicted octanol–water partition coefficient (Wildman–Crippen LogP) is 3.60. The molecule has 0 spiro atoms. The summed E-state index contributed by atoms with van der Waals surface area (Å²) in [5.41, 5.74) is 7.11. The van der Waals surface area contributed by atoms with E-state index >= 15 is 0 Å². The van der Waals surface area contributed by atoms with E-state index in [-0.39, 0.29) is 6.04 Å². The summed E-state index contributed by atoms with van der Waals surface area (Å²) < 4.78 is 0. The molecule has 0 radical (unpaired) electrons. The van der Waals surface area contributed by atoms with Gasteiger partial charge in [0.1, 0.15) is 0 Å². The van der Waals surface area contributed by atoms with Crippen molar-refractivity contribution in [3.63, 3.8) is 0 Å². The Bertz CT molecular complexity index is 318. The van der Waals surface area contributed by atoms with E-state index in [1.54, 1.807) is 0 Å². The van der Waals surface area contributed by atoms with Crippen LogP contribution in [0.5, 0.6) is 0 Å². The first kappa shape index (κ1) is 11.0. The third-order valence-electron chi connectivity index (χ3n) is 3.09. The fraction of sp³-hybridized carbons (Fsp3) is 0.538. The fourth-order valence-electron chi connectivity index (χ4n) is 1.76. The van der Waals surface area contributed by atoms with Crippen molar-refractivity contribution in [3.05, 3.63) is 29.8 Å². The highest BCUT2D eigenvalue weighted by Crippen LogP contribution is 2.32. The lowest BCUT2D eigenvalue weighted by atomic mass is 9.87. The molecule has 1 nitrogen and oxygen atoms in total. The van der Waals surface area contributed by atoms with E-state index in [2.05, 4.69) is 24.3 Å². The number of benzene rings is 1. The molecule has 15 heavy (non-hydrogen) atoms. The fourth-order valence-corrected chi connectivity index (χ4v) is 2.92. The summed E-state index contributed by atoms with van der Waals surface area (Å²) >= 11 is 1.98. The molecule has 1 unspecified atom stereocenters. The second-order valence-electron chi connectivity index (χ2n) is 4.47. The maximum atomic E-state index is 5.87. The van der Waals surface area contributed by atoms with E-state index in [0.717, 1.165) is 5.92 Å². The summed E-state index contributed by atoms with van der Waals surface area (Å²) in [6.07, 6.45) is 4.30. The predicted molar refractivity (Wildman–Crippen MR) is 67.1 cm³/mol. The van der Waals surface area contributed by atoms with E-state index in [1.807, 2.05) is 18.7 Å². The summed E-state index contributed by atoms with van der Waals surface area (Å²) in [4.78, 5) is 1.37. The Morgan fingerprint density at radius 1 is 1.47 bits per heavy atom. The van der Waals surface area contributed by atoms with E-state index in [1.165, 1.54) is 35.5 Å². The number of hydrogen-bond donors (Lipinski definition) is 1. The zero-order chi connectivity index (χ0) is 10.7. The molecule has 0 heterocycles. The van der Waals surface area contributed by atoms with Crippen molar-refractivity contribution < 1.29 is 0 Å². The summed E-state index contributed by atoms with van der Waals surface area (Å²) in [5, 5.41) is 0. The minimum absolute atomic E-state index is 0.147. The van der Waals surface area contributed by atoms with Gasteiger partial charge in [0.05, 0.1) is 0 Å². The molecular formula is C13H19NS. The molecule has 2 rings (SSSR count). The summed E-state index contributed by atoms with van der Waals surface area (Å²) in [5.74, 6) is 2.25. The van der Waals surface area contributed by atoms with Crippen LogP contribution in [0.4, 0.5) is 0 Å². The Hall–Kier alpha value is -0.470. The molecule has 1 aliphatic carbocycles. The third kappa shape index (κ3) is 2.99. The van der Waals surface area contributed by atoms with E-state index in [0.29, 0.717) is 0 Å². The van der Waals surface area contributed by atoms with Crippen molar-refractivity contribution in [2.24, 2.45) is 11.7 Å².